The van der Waals surface area contributed by atoms with Crippen LogP contribution in [0.15, 0.2) is 58.2 Å². The molecule has 0 aromatic heterocycles. The maximum absolute atomic E-state index is 5.63. The summed E-state index contributed by atoms with van der Waals surface area (Å²) in [5.41, 5.74) is 7.76. The van der Waals surface area contributed by atoms with Crippen LogP contribution >= 0.6 is 0 Å². The minimum absolute atomic E-state index is 0.138. The average Bonchev–Trinajstić information content (AvgIpc) is 3.30. The molecule has 1 heteroatoms. The van der Waals surface area contributed by atoms with Crippen molar-refractivity contribution >= 4 is 0 Å². The van der Waals surface area contributed by atoms with E-state index in [0.717, 1.165) is 19.3 Å². The van der Waals surface area contributed by atoms with Gasteiger partial charge in [-0.15, -0.1) is 0 Å². The zero-order valence-electron chi connectivity index (χ0n) is 21.9. The van der Waals surface area contributed by atoms with E-state index in [2.05, 4.69) is 85.8 Å². The zero-order valence-corrected chi connectivity index (χ0v) is 21.9. The van der Waals surface area contributed by atoms with Crippen LogP contribution < -0.4 is 0 Å². The molecule has 0 aliphatic carbocycles. The Balaban J connectivity index is 2.19. The van der Waals surface area contributed by atoms with E-state index in [1.165, 1.54) is 61.7 Å². The number of hydrogen-bond acceptors (Lipinski definition) is 1. The van der Waals surface area contributed by atoms with Crippen LogP contribution in [0.1, 0.15) is 120 Å². The smallest absolute Gasteiger partial charge is 0.0892 e. The molecule has 1 aliphatic rings. The van der Waals surface area contributed by atoms with Gasteiger partial charge in [0, 0.05) is 0 Å². The number of hydrogen-bond donors (Lipinski definition) is 0. The zero-order chi connectivity index (χ0) is 23.3. The molecule has 1 unspecified atom stereocenters. The lowest BCUT2D eigenvalue weighted by Gasteiger charge is -2.07. The largest absolute Gasteiger partial charge is 0.367 e. The molecule has 1 fully saturated rings. The Morgan fingerprint density at radius 3 is 1.58 bits per heavy atom. The summed E-state index contributed by atoms with van der Waals surface area (Å²) in [7, 11) is 0. The lowest BCUT2D eigenvalue weighted by molar-refractivity contribution is 0.320. The van der Waals surface area contributed by atoms with Gasteiger partial charge in [0.25, 0.3) is 0 Å². The van der Waals surface area contributed by atoms with Gasteiger partial charge in [-0.1, -0.05) is 58.2 Å². The molecule has 1 aliphatic heterocycles. The van der Waals surface area contributed by atoms with E-state index in [1.54, 1.807) is 11.1 Å². The SMILES string of the molecule is CC(C)=CCC/C(C)=C/CC/C(C)=C(\C)CC/C=C(\C)CC/C=C/CCC1OC1(C)C. The minimum atomic E-state index is 0.138. The molecular weight excluding hydrogens is 376 g/mol. The van der Waals surface area contributed by atoms with Crippen LogP contribution in [0.4, 0.5) is 0 Å². The molecule has 0 bridgehead atoms. The highest BCUT2D eigenvalue weighted by Crippen LogP contribution is 2.38. The summed E-state index contributed by atoms with van der Waals surface area (Å²) in [6.07, 6.45) is 24.1. The molecule has 0 amide bonds. The fourth-order valence-electron chi connectivity index (χ4n) is 3.82. The topological polar surface area (TPSA) is 12.5 Å². The summed E-state index contributed by atoms with van der Waals surface area (Å²) in [4.78, 5) is 0. The first-order chi connectivity index (χ1) is 14.6. The lowest BCUT2D eigenvalue weighted by Crippen LogP contribution is -2.01. The quantitative estimate of drug-likeness (QED) is 0.187. The van der Waals surface area contributed by atoms with Gasteiger partial charge in [0.1, 0.15) is 0 Å². The molecule has 0 aromatic rings. The van der Waals surface area contributed by atoms with Crippen molar-refractivity contribution in [3.05, 3.63) is 58.2 Å². The Bertz CT molecular complexity index is 677. The van der Waals surface area contributed by atoms with Crippen molar-refractivity contribution in [2.45, 2.75) is 131 Å². The Morgan fingerprint density at radius 2 is 1.10 bits per heavy atom. The van der Waals surface area contributed by atoms with Crippen LogP contribution in [0.5, 0.6) is 0 Å². The third-order valence-electron chi connectivity index (χ3n) is 6.48. The molecule has 1 saturated heterocycles. The Labute approximate surface area is 194 Å². The van der Waals surface area contributed by atoms with Gasteiger partial charge in [-0.25, -0.2) is 0 Å². The second kappa shape index (κ2) is 14.7. The van der Waals surface area contributed by atoms with Crippen molar-refractivity contribution in [1.29, 1.82) is 0 Å². The number of ether oxygens (including phenoxy) is 1. The maximum atomic E-state index is 5.63. The summed E-state index contributed by atoms with van der Waals surface area (Å²) < 4.78 is 5.63. The minimum Gasteiger partial charge on any atom is -0.367 e. The Kier molecular flexibility index (Phi) is 13.1. The van der Waals surface area contributed by atoms with E-state index in [9.17, 15) is 0 Å². The number of epoxide rings is 1. The van der Waals surface area contributed by atoms with E-state index >= 15 is 0 Å². The first-order valence-corrected chi connectivity index (χ1v) is 12.5. The summed E-state index contributed by atoms with van der Waals surface area (Å²) in [6, 6.07) is 0. The molecule has 0 saturated carbocycles. The second-order valence-corrected chi connectivity index (χ2v) is 10.4. The van der Waals surface area contributed by atoms with E-state index in [0.29, 0.717) is 6.10 Å². The van der Waals surface area contributed by atoms with E-state index in [1.807, 2.05) is 0 Å². The second-order valence-electron chi connectivity index (χ2n) is 10.4. The predicted octanol–water partition coefficient (Wildman–Crippen LogP) is 9.82. The van der Waals surface area contributed by atoms with Crippen LogP contribution in [-0.4, -0.2) is 11.7 Å². The van der Waals surface area contributed by atoms with Gasteiger partial charge in [-0.3, -0.25) is 0 Å². The van der Waals surface area contributed by atoms with Gasteiger partial charge in [0.15, 0.2) is 0 Å². The van der Waals surface area contributed by atoms with E-state index in [-0.39, 0.29) is 5.60 Å². The van der Waals surface area contributed by atoms with Crippen LogP contribution in [0.25, 0.3) is 0 Å². The van der Waals surface area contributed by atoms with E-state index in [4.69, 9.17) is 4.74 Å². The van der Waals surface area contributed by atoms with Crippen molar-refractivity contribution in [2.24, 2.45) is 0 Å². The highest BCUT2D eigenvalue weighted by Gasteiger charge is 2.46. The van der Waals surface area contributed by atoms with Crippen molar-refractivity contribution < 1.29 is 4.74 Å². The molecule has 1 nitrogen and oxygen atoms in total. The fraction of sp³-hybridized carbons (Fsp3) is 0.667. The molecule has 1 atom stereocenters. The van der Waals surface area contributed by atoms with Crippen molar-refractivity contribution in [1.82, 2.24) is 0 Å². The normalized spacial score (nSPS) is 19.5. The molecule has 1 rings (SSSR count). The van der Waals surface area contributed by atoms with Crippen molar-refractivity contribution in [2.75, 3.05) is 0 Å². The number of allylic oxidation sites excluding steroid dienone is 10. The molecule has 0 spiro atoms. The Hall–Kier alpha value is -1.34. The molecule has 0 aromatic carbocycles. The summed E-state index contributed by atoms with van der Waals surface area (Å²) in [5.74, 6) is 0. The highest BCUT2D eigenvalue weighted by molar-refractivity contribution is 5.13. The van der Waals surface area contributed by atoms with Crippen LogP contribution in [-0.2, 0) is 4.74 Å². The van der Waals surface area contributed by atoms with Crippen LogP contribution in [0.3, 0.4) is 0 Å². The Morgan fingerprint density at radius 1 is 0.645 bits per heavy atom. The van der Waals surface area contributed by atoms with Gasteiger partial charge in [0.2, 0.25) is 0 Å². The van der Waals surface area contributed by atoms with Crippen molar-refractivity contribution in [3.63, 3.8) is 0 Å². The third-order valence-corrected chi connectivity index (χ3v) is 6.48. The first kappa shape index (κ1) is 27.7. The van der Waals surface area contributed by atoms with Crippen molar-refractivity contribution in [3.8, 4) is 0 Å². The summed E-state index contributed by atoms with van der Waals surface area (Å²) in [5, 5.41) is 0. The standard InChI is InChI=1S/C30H50O/c1-24(2)16-13-18-26(4)20-15-22-28(6)27(5)21-14-19-25(3)17-11-9-10-12-23-29-30(7,8)31-29/h9-10,16,19-20,29H,11-15,17-18,21-23H2,1-8H3/b10-9+,25-19+,26-20+,28-27+. The molecule has 176 valence electrons. The first-order valence-electron chi connectivity index (χ1n) is 12.5. The van der Waals surface area contributed by atoms with Gasteiger partial charge < -0.3 is 4.74 Å². The third kappa shape index (κ3) is 13.6. The van der Waals surface area contributed by atoms with Crippen LogP contribution in [0, 0.1) is 0 Å². The average molecular weight is 427 g/mol. The van der Waals surface area contributed by atoms with Gasteiger partial charge in [-0.05, 0) is 120 Å². The van der Waals surface area contributed by atoms with Crippen LogP contribution in [0.2, 0.25) is 0 Å². The van der Waals surface area contributed by atoms with E-state index < -0.39 is 0 Å². The maximum Gasteiger partial charge on any atom is 0.0892 e. The molecule has 31 heavy (non-hydrogen) atoms. The summed E-state index contributed by atoms with van der Waals surface area (Å²) in [6.45, 7) is 17.9. The highest BCUT2D eigenvalue weighted by atomic mass is 16.6. The predicted molar refractivity (Wildman–Crippen MR) is 140 cm³/mol. The summed E-state index contributed by atoms with van der Waals surface area (Å²) >= 11 is 0. The molecule has 0 radical (unpaired) electrons. The molecular formula is C30H50O. The van der Waals surface area contributed by atoms with Gasteiger partial charge in [0.05, 0.1) is 11.7 Å². The van der Waals surface area contributed by atoms with Gasteiger partial charge in [-0.2, -0.15) is 0 Å². The fourth-order valence-corrected chi connectivity index (χ4v) is 3.82. The molecule has 1 heterocycles. The lowest BCUT2D eigenvalue weighted by atomic mass is 10.00. The monoisotopic (exact) mass is 426 g/mol. The van der Waals surface area contributed by atoms with Gasteiger partial charge >= 0.3 is 0 Å². The molecule has 0 N–H and O–H groups in total. The number of rotatable bonds is 15.